The van der Waals surface area contributed by atoms with Gasteiger partial charge < -0.3 is 15.2 Å². The second-order valence-corrected chi connectivity index (χ2v) is 5.38. The van der Waals surface area contributed by atoms with Gasteiger partial charge in [-0.3, -0.25) is 4.79 Å². The van der Waals surface area contributed by atoms with E-state index in [0.29, 0.717) is 11.4 Å². The number of aryl methyl sites for hydroxylation is 2. The number of carbonyl (C=O) groups excluding carboxylic acids is 1. The summed E-state index contributed by atoms with van der Waals surface area (Å²) in [5, 5.41) is 11.6. The minimum Gasteiger partial charge on any atom is -0.481 e. The highest BCUT2D eigenvalue weighted by molar-refractivity contribution is 5.96. The van der Waals surface area contributed by atoms with Crippen LogP contribution in [0.3, 0.4) is 0 Å². The number of carbonyl (C=O) groups is 2. The number of nitrogens with one attached hydrogen (secondary N) is 1. The normalized spacial score (nSPS) is 11.6. The lowest BCUT2D eigenvalue weighted by atomic mass is 10.1. The number of carboxylic acids is 1. The lowest BCUT2D eigenvalue weighted by Gasteiger charge is -2.15. The molecule has 0 aliphatic carbocycles. The zero-order valence-corrected chi connectivity index (χ0v) is 13.3. The summed E-state index contributed by atoms with van der Waals surface area (Å²) >= 11 is 0. The van der Waals surface area contributed by atoms with Crippen molar-refractivity contribution >= 4 is 17.6 Å². The first kappa shape index (κ1) is 16.5. The Labute approximate surface area is 134 Å². The summed E-state index contributed by atoms with van der Waals surface area (Å²) in [5.74, 6) is -0.763. The summed E-state index contributed by atoms with van der Waals surface area (Å²) < 4.78 is 5.63. The molecule has 0 spiro atoms. The maximum atomic E-state index is 12.2. The third-order valence-corrected chi connectivity index (χ3v) is 3.54. The number of anilines is 1. The van der Waals surface area contributed by atoms with Crippen LogP contribution in [0.4, 0.5) is 5.69 Å². The molecule has 0 saturated carbocycles. The smallest absolute Gasteiger partial charge is 0.335 e. The van der Waals surface area contributed by atoms with E-state index in [0.717, 1.165) is 11.1 Å². The van der Waals surface area contributed by atoms with Crippen LogP contribution in [-0.4, -0.2) is 23.1 Å². The number of aromatic carboxylic acids is 1. The maximum absolute atomic E-state index is 12.2. The standard InChI is InChI=1S/C18H19NO4/c1-11-7-8-16(9-12(11)2)23-13(3)17(20)19-15-6-4-5-14(10-15)18(21)22/h4-10,13H,1-3H3,(H,19,20)(H,21,22). The first-order chi connectivity index (χ1) is 10.9. The van der Waals surface area contributed by atoms with Crippen LogP contribution >= 0.6 is 0 Å². The van der Waals surface area contributed by atoms with E-state index in [4.69, 9.17) is 9.84 Å². The Balaban J connectivity index is 2.03. The minimum atomic E-state index is -1.04. The van der Waals surface area contributed by atoms with E-state index in [1.807, 2.05) is 32.0 Å². The SMILES string of the molecule is Cc1ccc(OC(C)C(=O)Nc2cccc(C(=O)O)c2)cc1C. The molecule has 1 unspecified atom stereocenters. The van der Waals surface area contributed by atoms with Gasteiger partial charge in [0.15, 0.2) is 6.10 Å². The average molecular weight is 313 g/mol. The number of amides is 1. The molecule has 0 heterocycles. The first-order valence-corrected chi connectivity index (χ1v) is 7.25. The number of hydrogen-bond donors (Lipinski definition) is 2. The Morgan fingerprint density at radius 2 is 1.83 bits per heavy atom. The number of rotatable bonds is 5. The van der Waals surface area contributed by atoms with Crippen LogP contribution in [0.5, 0.6) is 5.75 Å². The van der Waals surface area contributed by atoms with Gasteiger partial charge in [0.25, 0.3) is 5.91 Å². The van der Waals surface area contributed by atoms with Crippen molar-refractivity contribution in [2.45, 2.75) is 26.9 Å². The van der Waals surface area contributed by atoms with Gasteiger partial charge in [-0.1, -0.05) is 12.1 Å². The summed E-state index contributed by atoms with van der Waals surface area (Å²) in [5.41, 5.74) is 2.78. The fourth-order valence-corrected chi connectivity index (χ4v) is 2.02. The van der Waals surface area contributed by atoms with Crippen molar-refractivity contribution in [1.82, 2.24) is 0 Å². The van der Waals surface area contributed by atoms with E-state index in [1.165, 1.54) is 12.1 Å². The lowest BCUT2D eigenvalue weighted by molar-refractivity contribution is -0.122. The molecule has 1 amide bonds. The van der Waals surface area contributed by atoms with Crippen molar-refractivity contribution in [3.05, 3.63) is 59.2 Å². The third-order valence-electron chi connectivity index (χ3n) is 3.54. The van der Waals surface area contributed by atoms with Gasteiger partial charge in [-0.25, -0.2) is 4.79 Å². The van der Waals surface area contributed by atoms with Crippen LogP contribution in [0, 0.1) is 13.8 Å². The quantitative estimate of drug-likeness (QED) is 0.887. The Kier molecular flexibility index (Phi) is 5.01. The molecular formula is C18H19NO4. The van der Waals surface area contributed by atoms with Crippen molar-refractivity contribution in [2.75, 3.05) is 5.32 Å². The lowest BCUT2D eigenvalue weighted by Crippen LogP contribution is -2.30. The Morgan fingerprint density at radius 1 is 1.09 bits per heavy atom. The van der Waals surface area contributed by atoms with E-state index in [1.54, 1.807) is 19.1 Å². The van der Waals surface area contributed by atoms with Crippen LogP contribution in [0.15, 0.2) is 42.5 Å². The average Bonchev–Trinajstić information content (AvgIpc) is 2.51. The van der Waals surface area contributed by atoms with Crippen molar-refractivity contribution in [1.29, 1.82) is 0 Å². The van der Waals surface area contributed by atoms with Gasteiger partial charge in [-0.05, 0) is 62.2 Å². The predicted octanol–water partition coefficient (Wildman–Crippen LogP) is 3.41. The zero-order chi connectivity index (χ0) is 17.0. The molecule has 120 valence electrons. The molecule has 2 aromatic carbocycles. The molecule has 5 heteroatoms. The van der Waals surface area contributed by atoms with E-state index in [-0.39, 0.29) is 11.5 Å². The fraction of sp³-hybridized carbons (Fsp3) is 0.222. The van der Waals surface area contributed by atoms with Gasteiger partial charge in [0, 0.05) is 5.69 Å². The molecule has 0 radical (unpaired) electrons. The molecule has 1 atom stereocenters. The molecule has 0 saturated heterocycles. The first-order valence-electron chi connectivity index (χ1n) is 7.25. The highest BCUT2D eigenvalue weighted by atomic mass is 16.5. The van der Waals surface area contributed by atoms with E-state index in [2.05, 4.69) is 5.32 Å². The summed E-state index contributed by atoms with van der Waals surface area (Å²) in [4.78, 5) is 23.1. The molecule has 5 nitrogen and oxygen atoms in total. The minimum absolute atomic E-state index is 0.116. The van der Waals surface area contributed by atoms with E-state index < -0.39 is 12.1 Å². The molecule has 0 aliphatic heterocycles. The van der Waals surface area contributed by atoms with Crippen LogP contribution in [-0.2, 0) is 4.79 Å². The molecule has 23 heavy (non-hydrogen) atoms. The van der Waals surface area contributed by atoms with Crippen molar-refractivity contribution in [3.63, 3.8) is 0 Å². The van der Waals surface area contributed by atoms with Gasteiger partial charge in [0.2, 0.25) is 0 Å². The Hall–Kier alpha value is -2.82. The highest BCUT2D eigenvalue weighted by Crippen LogP contribution is 2.18. The van der Waals surface area contributed by atoms with E-state index in [9.17, 15) is 9.59 Å². The summed E-state index contributed by atoms with van der Waals surface area (Å²) in [6.45, 7) is 5.63. The number of hydrogen-bond acceptors (Lipinski definition) is 3. The molecule has 0 aliphatic rings. The Morgan fingerprint density at radius 3 is 2.48 bits per heavy atom. The predicted molar refractivity (Wildman–Crippen MR) is 88.0 cm³/mol. The molecule has 0 aromatic heterocycles. The van der Waals surface area contributed by atoms with Gasteiger partial charge >= 0.3 is 5.97 Å². The summed E-state index contributed by atoms with van der Waals surface area (Å²) in [6, 6.07) is 11.7. The van der Waals surface area contributed by atoms with E-state index >= 15 is 0 Å². The summed E-state index contributed by atoms with van der Waals surface area (Å²) in [6.07, 6.45) is -0.703. The van der Waals surface area contributed by atoms with Crippen LogP contribution in [0.2, 0.25) is 0 Å². The van der Waals surface area contributed by atoms with Gasteiger partial charge in [-0.15, -0.1) is 0 Å². The van der Waals surface area contributed by atoms with Crippen LogP contribution in [0.1, 0.15) is 28.4 Å². The molecular weight excluding hydrogens is 294 g/mol. The zero-order valence-electron chi connectivity index (χ0n) is 13.3. The van der Waals surface area contributed by atoms with Gasteiger partial charge in [0.05, 0.1) is 5.56 Å². The van der Waals surface area contributed by atoms with Crippen molar-refractivity contribution in [3.8, 4) is 5.75 Å². The molecule has 2 rings (SSSR count). The van der Waals surface area contributed by atoms with Crippen molar-refractivity contribution < 1.29 is 19.4 Å². The number of ether oxygens (including phenoxy) is 1. The Bertz CT molecular complexity index is 740. The summed E-state index contributed by atoms with van der Waals surface area (Å²) in [7, 11) is 0. The molecule has 0 bridgehead atoms. The largest absolute Gasteiger partial charge is 0.481 e. The monoisotopic (exact) mass is 313 g/mol. The van der Waals surface area contributed by atoms with Gasteiger partial charge in [0.1, 0.15) is 5.75 Å². The van der Waals surface area contributed by atoms with Crippen LogP contribution < -0.4 is 10.1 Å². The fourth-order valence-electron chi connectivity index (χ4n) is 2.02. The number of carboxylic acid groups (broad SMARTS) is 1. The third kappa shape index (κ3) is 4.32. The van der Waals surface area contributed by atoms with Crippen molar-refractivity contribution in [2.24, 2.45) is 0 Å². The second kappa shape index (κ2) is 6.96. The van der Waals surface area contributed by atoms with Crippen LogP contribution in [0.25, 0.3) is 0 Å². The topological polar surface area (TPSA) is 75.6 Å². The maximum Gasteiger partial charge on any atom is 0.335 e. The molecule has 2 aromatic rings. The second-order valence-electron chi connectivity index (χ2n) is 5.38. The molecule has 0 fully saturated rings. The van der Waals surface area contributed by atoms with Gasteiger partial charge in [-0.2, -0.15) is 0 Å². The molecule has 2 N–H and O–H groups in total. The highest BCUT2D eigenvalue weighted by Gasteiger charge is 2.15. The number of benzene rings is 2.